The van der Waals surface area contributed by atoms with Crippen LogP contribution in [0.15, 0.2) is 0 Å². The van der Waals surface area contributed by atoms with Gasteiger partial charge in [-0.05, 0) is 25.2 Å². The molecule has 0 saturated heterocycles. The van der Waals surface area contributed by atoms with Crippen LogP contribution in [0.2, 0.25) is 0 Å². The van der Waals surface area contributed by atoms with Gasteiger partial charge in [0.05, 0.1) is 6.10 Å². The lowest BCUT2D eigenvalue weighted by Crippen LogP contribution is -2.36. The van der Waals surface area contributed by atoms with E-state index in [9.17, 15) is 0 Å². The van der Waals surface area contributed by atoms with E-state index >= 15 is 0 Å². The first-order chi connectivity index (χ1) is 4.20. The minimum absolute atomic E-state index is 0.0835. The molecule has 1 saturated carbocycles. The molecule has 0 spiro atoms. The summed E-state index contributed by atoms with van der Waals surface area (Å²) >= 11 is 0. The Kier molecular flexibility index (Phi) is 2.09. The fourth-order valence-electron chi connectivity index (χ4n) is 1.39. The zero-order valence-corrected chi connectivity index (χ0v) is 5.88. The molecule has 0 aromatic carbocycles. The summed E-state index contributed by atoms with van der Waals surface area (Å²) in [5.74, 6) is 0.508. The van der Waals surface area contributed by atoms with Crippen molar-refractivity contribution >= 4 is 0 Å². The lowest BCUT2D eigenvalue weighted by atomic mass is 9.85. The molecular formula is C7H15NO. The van der Waals surface area contributed by atoms with E-state index in [1.165, 1.54) is 0 Å². The van der Waals surface area contributed by atoms with Crippen molar-refractivity contribution in [2.75, 3.05) is 0 Å². The Balaban J connectivity index is 2.35. The number of aliphatic hydroxyl groups is 1. The molecule has 2 nitrogen and oxygen atoms in total. The maximum Gasteiger partial charge on any atom is 0.0544 e. The van der Waals surface area contributed by atoms with Crippen LogP contribution in [-0.2, 0) is 0 Å². The van der Waals surface area contributed by atoms with Crippen molar-refractivity contribution in [1.82, 2.24) is 0 Å². The van der Waals surface area contributed by atoms with Crippen LogP contribution in [0.1, 0.15) is 26.2 Å². The van der Waals surface area contributed by atoms with Crippen LogP contribution in [0.3, 0.4) is 0 Å². The van der Waals surface area contributed by atoms with Crippen LogP contribution in [-0.4, -0.2) is 17.3 Å². The van der Waals surface area contributed by atoms with Crippen LogP contribution >= 0.6 is 0 Å². The summed E-state index contributed by atoms with van der Waals surface area (Å²) in [5, 5.41) is 9.14. The van der Waals surface area contributed by atoms with Crippen LogP contribution in [0.5, 0.6) is 0 Å². The number of nitrogens with two attached hydrogens (primary N) is 1. The lowest BCUT2D eigenvalue weighted by Gasteiger charge is -2.28. The standard InChI is InChI=1S/C7H15NO/c1-5-4-6(9)2-3-7(5)8/h5-7,9H,2-4,8H2,1H3/t5-,6?,7?/m1/s1. The second kappa shape index (κ2) is 2.67. The fourth-order valence-corrected chi connectivity index (χ4v) is 1.39. The van der Waals surface area contributed by atoms with Gasteiger partial charge in [-0.3, -0.25) is 0 Å². The van der Waals surface area contributed by atoms with E-state index < -0.39 is 0 Å². The normalized spacial score (nSPS) is 45.0. The minimum Gasteiger partial charge on any atom is -0.393 e. The Morgan fingerprint density at radius 1 is 1.44 bits per heavy atom. The van der Waals surface area contributed by atoms with Crippen molar-refractivity contribution in [2.45, 2.75) is 38.3 Å². The summed E-state index contributed by atoms with van der Waals surface area (Å²) in [5.41, 5.74) is 5.73. The summed E-state index contributed by atoms with van der Waals surface area (Å²) < 4.78 is 0. The van der Waals surface area contributed by atoms with Crippen molar-refractivity contribution < 1.29 is 5.11 Å². The molecule has 0 aromatic rings. The summed E-state index contributed by atoms with van der Waals surface area (Å²) in [6.45, 7) is 2.10. The second-order valence-electron chi connectivity index (χ2n) is 3.11. The molecule has 3 N–H and O–H groups in total. The van der Waals surface area contributed by atoms with Gasteiger partial charge in [0.2, 0.25) is 0 Å². The Labute approximate surface area is 56.1 Å². The Hall–Kier alpha value is -0.0800. The van der Waals surface area contributed by atoms with E-state index in [0.717, 1.165) is 19.3 Å². The van der Waals surface area contributed by atoms with E-state index in [4.69, 9.17) is 10.8 Å². The number of rotatable bonds is 0. The smallest absolute Gasteiger partial charge is 0.0544 e. The second-order valence-corrected chi connectivity index (χ2v) is 3.11. The van der Waals surface area contributed by atoms with E-state index in [1.807, 2.05) is 0 Å². The summed E-state index contributed by atoms with van der Waals surface area (Å²) in [7, 11) is 0. The first-order valence-electron chi connectivity index (χ1n) is 3.64. The largest absolute Gasteiger partial charge is 0.393 e. The van der Waals surface area contributed by atoms with Gasteiger partial charge in [0.1, 0.15) is 0 Å². The maximum atomic E-state index is 9.14. The zero-order valence-electron chi connectivity index (χ0n) is 5.88. The van der Waals surface area contributed by atoms with Crippen LogP contribution < -0.4 is 5.73 Å². The number of hydrogen-bond acceptors (Lipinski definition) is 2. The van der Waals surface area contributed by atoms with Gasteiger partial charge in [-0.1, -0.05) is 6.92 Å². The molecule has 9 heavy (non-hydrogen) atoms. The molecule has 54 valence electrons. The molecule has 3 atom stereocenters. The van der Waals surface area contributed by atoms with Gasteiger partial charge >= 0.3 is 0 Å². The van der Waals surface area contributed by atoms with Gasteiger partial charge in [0.15, 0.2) is 0 Å². The van der Waals surface area contributed by atoms with E-state index in [2.05, 4.69) is 6.92 Å². The van der Waals surface area contributed by atoms with Gasteiger partial charge in [-0.15, -0.1) is 0 Å². The Morgan fingerprint density at radius 3 is 2.56 bits per heavy atom. The molecule has 1 rings (SSSR count). The van der Waals surface area contributed by atoms with Crippen molar-refractivity contribution in [3.05, 3.63) is 0 Å². The van der Waals surface area contributed by atoms with Crippen LogP contribution in [0.4, 0.5) is 0 Å². The Morgan fingerprint density at radius 2 is 2.11 bits per heavy atom. The minimum atomic E-state index is -0.0835. The highest BCUT2D eigenvalue weighted by atomic mass is 16.3. The van der Waals surface area contributed by atoms with Crippen LogP contribution in [0.25, 0.3) is 0 Å². The third-order valence-electron chi connectivity index (χ3n) is 2.21. The van der Waals surface area contributed by atoms with Crippen molar-refractivity contribution in [3.8, 4) is 0 Å². The molecule has 0 bridgehead atoms. The predicted molar refractivity (Wildman–Crippen MR) is 37.0 cm³/mol. The molecular weight excluding hydrogens is 114 g/mol. The third-order valence-corrected chi connectivity index (χ3v) is 2.21. The van der Waals surface area contributed by atoms with E-state index in [0.29, 0.717) is 12.0 Å². The first-order valence-corrected chi connectivity index (χ1v) is 3.64. The molecule has 0 heterocycles. The first kappa shape index (κ1) is 7.03. The monoisotopic (exact) mass is 129 g/mol. The van der Waals surface area contributed by atoms with Crippen molar-refractivity contribution in [2.24, 2.45) is 11.7 Å². The van der Waals surface area contributed by atoms with Gasteiger partial charge in [-0.2, -0.15) is 0 Å². The highest BCUT2D eigenvalue weighted by Crippen LogP contribution is 2.22. The summed E-state index contributed by atoms with van der Waals surface area (Å²) in [4.78, 5) is 0. The van der Waals surface area contributed by atoms with E-state index in [-0.39, 0.29) is 6.10 Å². The third kappa shape index (κ3) is 1.66. The average molecular weight is 129 g/mol. The summed E-state index contributed by atoms with van der Waals surface area (Å²) in [6, 6.07) is 0.327. The van der Waals surface area contributed by atoms with Gasteiger partial charge in [0.25, 0.3) is 0 Å². The molecule has 0 aromatic heterocycles. The molecule has 0 amide bonds. The van der Waals surface area contributed by atoms with Gasteiger partial charge < -0.3 is 10.8 Å². The molecule has 0 aliphatic heterocycles. The lowest BCUT2D eigenvalue weighted by molar-refractivity contribution is 0.0961. The quantitative estimate of drug-likeness (QED) is 0.500. The Bertz CT molecular complexity index is 94.9. The molecule has 1 aliphatic carbocycles. The SMILES string of the molecule is C[C@@H]1CC(O)CCC1N. The number of aliphatic hydroxyl groups excluding tert-OH is 1. The maximum absolute atomic E-state index is 9.14. The number of hydrogen-bond donors (Lipinski definition) is 2. The van der Waals surface area contributed by atoms with Crippen LogP contribution in [0, 0.1) is 5.92 Å². The molecule has 1 aliphatic rings. The molecule has 2 heteroatoms. The van der Waals surface area contributed by atoms with E-state index in [1.54, 1.807) is 0 Å². The van der Waals surface area contributed by atoms with Crippen molar-refractivity contribution in [1.29, 1.82) is 0 Å². The molecule has 0 radical (unpaired) electrons. The average Bonchev–Trinajstić information content (AvgIpc) is 1.80. The molecule has 1 fully saturated rings. The topological polar surface area (TPSA) is 46.2 Å². The predicted octanol–water partition coefficient (Wildman–Crippen LogP) is 0.495. The van der Waals surface area contributed by atoms with Gasteiger partial charge in [0, 0.05) is 6.04 Å². The highest BCUT2D eigenvalue weighted by molar-refractivity contribution is 4.78. The fraction of sp³-hybridized carbons (Fsp3) is 1.00. The highest BCUT2D eigenvalue weighted by Gasteiger charge is 2.22. The molecule has 2 unspecified atom stereocenters. The van der Waals surface area contributed by atoms with Crippen molar-refractivity contribution in [3.63, 3.8) is 0 Å². The van der Waals surface area contributed by atoms with Gasteiger partial charge in [-0.25, -0.2) is 0 Å². The summed E-state index contributed by atoms with van der Waals surface area (Å²) in [6.07, 6.45) is 2.69. The zero-order chi connectivity index (χ0) is 6.85.